The molecular weight excluding hydrogens is 176 g/mol. The van der Waals surface area contributed by atoms with Gasteiger partial charge in [-0.3, -0.25) is 4.68 Å². The molecule has 3 heteroatoms. The molecule has 0 saturated heterocycles. The van der Waals surface area contributed by atoms with Gasteiger partial charge in [0, 0.05) is 18.8 Å². The largest absolute Gasteiger partial charge is 0.388 e. The minimum atomic E-state index is -0.302. The van der Waals surface area contributed by atoms with E-state index >= 15 is 0 Å². The van der Waals surface area contributed by atoms with Crippen LogP contribution < -0.4 is 0 Å². The van der Waals surface area contributed by atoms with Gasteiger partial charge in [-0.2, -0.15) is 5.10 Å². The molecule has 0 spiro atoms. The molecule has 1 saturated carbocycles. The van der Waals surface area contributed by atoms with Crippen LogP contribution in [0.2, 0.25) is 0 Å². The van der Waals surface area contributed by atoms with E-state index in [0.717, 1.165) is 18.4 Å². The lowest BCUT2D eigenvalue weighted by atomic mass is 9.83. The summed E-state index contributed by atoms with van der Waals surface area (Å²) in [5.74, 6) is 0.452. The van der Waals surface area contributed by atoms with Gasteiger partial charge in [-0.05, 0) is 18.8 Å². The van der Waals surface area contributed by atoms with Gasteiger partial charge in [-0.15, -0.1) is 0 Å². The van der Waals surface area contributed by atoms with Crippen molar-refractivity contribution in [1.82, 2.24) is 9.78 Å². The summed E-state index contributed by atoms with van der Waals surface area (Å²) in [7, 11) is 1.89. The van der Waals surface area contributed by atoms with E-state index in [4.69, 9.17) is 0 Å². The molecule has 2 rings (SSSR count). The highest BCUT2D eigenvalue weighted by molar-refractivity contribution is 5.09. The Morgan fingerprint density at radius 1 is 1.43 bits per heavy atom. The second-order valence-corrected chi connectivity index (χ2v) is 4.29. The van der Waals surface area contributed by atoms with Crippen molar-refractivity contribution in [2.75, 3.05) is 0 Å². The van der Waals surface area contributed by atoms with Crippen LogP contribution in [0.1, 0.15) is 43.8 Å². The van der Waals surface area contributed by atoms with Gasteiger partial charge in [0.05, 0.1) is 12.3 Å². The van der Waals surface area contributed by atoms with Gasteiger partial charge in [0.15, 0.2) is 0 Å². The fraction of sp³-hybridized carbons (Fsp3) is 0.727. The molecule has 78 valence electrons. The molecular formula is C11H18N2O. The minimum Gasteiger partial charge on any atom is -0.388 e. The molecule has 0 radical (unpaired) electrons. The molecule has 0 bridgehead atoms. The minimum absolute atomic E-state index is 0.302. The Bertz CT molecular complexity index is 289. The smallest absolute Gasteiger partial charge is 0.0848 e. The molecule has 1 heterocycles. The lowest BCUT2D eigenvalue weighted by Gasteiger charge is -2.25. The first-order valence-corrected chi connectivity index (χ1v) is 5.44. The number of aliphatic hydroxyl groups is 1. The van der Waals surface area contributed by atoms with Gasteiger partial charge in [-0.25, -0.2) is 0 Å². The summed E-state index contributed by atoms with van der Waals surface area (Å²) in [6.45, 7) is 0. The maximum Gasteiger partial charge on any atom is 0.0848 e. The van der Waals surface area contributed by atoms with Crippen molar-refractivity contribution in [3.8, 4) is 0 Å². The van der Waals surface area contributed by atoms with Crippen molar-refractivity contribution in [3.05, 3.63) is 18.0 Å². The monoisotopic (exact) mass is 194 g/mol. The third-order valence-electron chi connectivity index (χ3n) is 3.16. The quantitative estimate of drug-likeness (QED) is 0.782. The molecule has 1 atom stereocenters. The Hall–Kier alpha value is -0.830. The fourth-order valence-corrected chi connectivity index (χ4v) is 2.31. The lowest BCUT2D eigenvalue weighted by Crippen LogP contribution is -2.15. The summed E-state index contributed by atoms with van der Waals surface area (Å²) in [6, 6.07) is 0. The molecule has 1 fully saturated rings. The number of aromatic nitrogens is 2. The highest BCUT2D eigenvalue weighted by Gasteiger charge is 2.23. The first kappa shape index (κ1) is 9.71. The number of rotatable bonds is 2. The Balaban J connectivity index is 2.03. The number of aliphatic hydroxyl groups excluding tert-OH is 1. The highest BCUT2D eigenvalue weighted by Crippen LogP contribution is 2.33. The Morgan fingerprint density at radius 3 is 2.71 bits per heavy atom. The second kappa shape index (κ2) is 4.13. The molecule has 1 unspecified atom stereocenters. The Morgan fingerprint density at radius 2 is 2.14 bits per heavy atom. The van der Waals surface area contributed by atoms with Crippen molar-refractivity contribution >= 4 is 0 Å². The SMILES string of the molecule is Cn1cc(C(O)C2CCCCC2)cn1. The summed E-state index contributed by atoms with van der Waals surface area (Å²) in [5, 5.41) is 14.2. The third-order valence-corrected chi connectivity index (χ3v) is 3.16. The van der Waals surface area contributed by atoms with Gasteiger partial charge in [0.1, 0.15) is 0 Å². The summed E-state index contributed by atoms with van der Waals surface area (Å²) < 4.78 is 1.75. The molecule has 1 N–H and O–H groups in total. The van der Waals surface area contributed by atoms with Crippen LogP contribution in [-0.2, 0) is 7.05 Å². The van der Waals surface area contributed by atoms with Gasteiger partial charge in [-0.1, -0.05) is 19.3 Å². The number of nitrogens with zero attached hydrogens (tertiary/aromatic N) is 2. The second-order valence-electron chi connectivity index (χ2n) is 4.29. The molecule has 1 aliphatic carbocycles. The summed E-state index contributed by atoms with van der Waals surface area (Å²) in [6.07, 6.45) is 9.58. The van der Waals surface area contributed by atoms with Crippen molar-refractivity contribution in [2.45, 2.75) is 38.2 Å². The topological polar surface area (TPSA) is 38.0 Å². The molecule has 0 aliphatic heterocycles. The fourth-order valence-electron chi connectivity index (χ4n) is 2.31. The highest BCUT2D eigenvalue weighted by atomic mass is 16.3. The Labute approximate surface area is 84.7 Å². The van der Waals surface area contributed by atoms with E-state index in [1.807, 2.05) is 13.2 Å². The number of hydrogen-bond acceptors (Lipinski definition) is 2. The third kappa shape index (κ3) is 1.98. The van der Waals surface area contributed by atoms with Crippen LogP contribution in [0.3, 0.4) is 0 Å². The van der Waals surface area contributed by atoms with Crippen LogP contribution in [0.4, 0.5) is 0 Å². The molecule has 1 aromatic heterocycles. The van der Waals surface area contributed by atoms with Crippen LogP contribution in [0, 0.1) is 5.92 Å². The molecule has 3 nitrogen and oxygen atoms in total. The van der Waals surface area contributed by atoms with Crippen LogP contribution in [0.5, 0.6) is 0 Å². The lowest BCUT2D eigenvalue weighted by molar-refractivity contribution is 0.0848. The first-order valence-electron chi connectivity index (χ1n) is 5.44. The predicted molar refractivity (Wildman–Crippen MR) is 54.7 cm³/mol. The molecule has 0 aromatic carbocycles. The Kier molecular flexibility index (Phi) is 2.87. The molecule has 1 aromatic rings. The van der Waals surface area contributed by atoms with Crippen LogP contribution >= 0.6 is 0 Å². The average molecular weight is 194 g/mol. The summed E-state index contributed by atoms with van der Waals surface area (Å²) in [5.41, 5.74) is 0.972. The molecule has 1 aliphatic rings. The summed E-state index contributed by atoms with van der Waals surface area (Å²) >= 11 is 0. The first-order chi connectivity index (χ1) is 6.77. The van der Waals surface area contributed by atoms with Gasteiger partial charge < -0.3 is 5.11 Å². The van der Waals surface area contributed by atoms with Crippen LogP contribution in [0.25, 0.3) is 0 Å². The van der Waals surface area contributed by atoms with Crippen molar-refractivity contribution in [1.29, 1.82) is 0 Å². The van der Waals surface area contributed by atoms with E-state index in [9.17, 15) is 5.11 Å². The zero-order valence-corrected chi connectivity index (χ0v) is 8.69. The van der Waals surface area contributed by atoms with Crippen molar-refractivity contribution in [2.24, 2.45) is 13.0 Å². The number of hydrogen-bond donors (Lipinski definition) is 1. The van der Waals surface area contributed by atoms with Gasteiger partial charge in [0.2, 0.25) is 0 Å². The van der Waals surface area contributed by atoms with E-state index in [-0.39, 0.29) is 6.10 Å². The van der Waals surface area contributed by atoms with E-state index in [0.29, 0.717) is 5.92 Å². The molecule has 14 heavy (non-hydrogen) atoms. The summed E-state index contributed by atoms with van der Waals surface area (Å²) in [4.78, 5) is 0. The maximum absolute atomic E-state index is 10.1. The average Bonchev–Trinajstić information content (AvgIpc) is 2.65. The zero-order chi connectivity index (χ0) is 9.97. The standard InChI is InChI=1S/C11H18N2O/c1-13-8-10(7-12-13)11(14)9-5-3-2-4-6-9/h7-9,11,14H,2-6H2,1H3. The number of aryl methyl sites for hydroxylation is 1. The van der Waals surface area contributed by atoms with Crippen LogP contribution in [0.15, 0.2) is 12.4 Å². The molecule has 0 amide bonds. The normalized spacial score (nSPS) is 21.0. The zero-order valence-electron chi connectivity index (χ0n) is 8.69. The van der Waals surface area contributed by atoms with Crippen LogP contribution in [-0.4, -0.2) is 14.9 Å². The van der Waals surface area contributed by atoms with Gasteiger partial charge in [0.25, 0.3) is 0 Å². The van der Waals surface area contributed by atoms with E-state index in [1.54, 1.807) is 10.9 Å². The van der Waals surface area contributed by atoms with Gasteiger partial charge >= 0.3 is 0 Å². The van der Waals surface area contributed by atoms with Crippen molar-refractivity contribution in [3.63, 3.8) is 0 Å². The van der Waals surface area contributed by atoms with E-state index in [2.05, 4.69) is 5.10 Å². The predicted octanol–water partition coefficient (Wildman–Crippen LogP) is 2.03. The maximum atomic E-state index is 10.1. The van der Waals surface area contributed by atoms with Crippen molar-refractivity contribution < 1.29 is 5.11 Å². The van der Waals surface area contributed by atoms with E-state index < -0.39 is 0 Å². The van der Waals surface area contributed by atoms with E-state index in [1.165, 1.54) is 19.3 Å².